The average molecular weight is 1010 g/mol. The molecule has 14 heteroatoms. The predicted molar refractivity (Wildman–Crippen MR) is 291 cm³/mol. The zero-order valence-electron chi connectivity index (χ0n) is 46.0. The SMILES string of the molecule is CC(C)(C)OC(=O)N1CCN(CC(=O)NC(CCCc2ccccc2)CCCc2ccccc2)CC1.CC(C)(C)OC(=O)N1CCN(CC(=O)[O-])CC1.NC(CCCc1ccccc1)CCCc1ccccc1.[Li+]. The van der Waals surface area contributed by atoms with Gasteiger partial charge in [0.1, 0.15) is 11.2 Å². The van der Waals surface area contributed by atoms with Crippen LogP contribution in [0.2, 0.25) is 0 Å². The van der Waals surface area contributed by atoms with Crippen molar-refractivity contribution < 1.29 is 52.6 Å². The predicted octanol–water partition coefficient (Wildman–Crippen LogP) is 5.72. The number of amides is 3. The Balaban J connectivity index is 0.000000321. The Morgan fingerprint density at radius 2 is 0.797 bits per heavy atom. The van der Waals surface area contributed by atoms with E-state index in [0.29, 0.717) is 64.9 Å². The molecule has 0 aromatic heterocycles. The van der Waals surface area contributed by atoms with Crippen molar-refractivity contribution in [3.8, 4) is 0 Å². The van der Waals surface area contributed by atoms with Crippen molar-refractivity contribution in [2.24, 2.45) is 5.73 Å². The van der Waals surface area contributed by atoms with Gasteiger partial charge >= 0.3 is 31.0 Å². The number of nitrogens with two attached hydrogens (primary N) is 1. The molecule has 0 saturated carbocycles. The number of carbonyl (C=O) groups excluding carboxylic acids is 4. The van der Waals surface area contributed by atoms with Gasteiger partial charge in [0.15, 0.2) is 0 Å². The molecule has 74 heavy (non-hydrogen) atoms. The van der Waals surface area contributed by atoms with E-state index in [9.17, 15) is 24.3 Å². The summed E-state index contributed by atoms with van der Waals surface area (Å²) in [5, 5.41) is 13.7. The molecule has 13 nitrogen and oxygen atoms in total. The average Bonchev–Trinajstić information content (AvgIpc) is 3.35. The first-order valence-corrected chi connectivity index (χ1v) is 26.7. The zero-order valence-corrected chi connectivity index (χ0v) is 46.0. The molecule has 4 aromatic rings. The maximum Gasteiger partial charge on any atom is 1.00 e. The van der Waals surface area contributed by atoms with Gasteiger partial charge in [-0.1, -0.05) is 121 Å². The standard InChI is InChI=1S/C30H43N3O3.C19H25N.C11H20N2O4.Li/c1-30(2,3)36-29(35)33-22-20-32(21-23-33)24-28(34)31-27(18-10-16-25-12-6-4-7-13-25)19-11-17-26-14-8-5-9-15-26;20-19(15-7-13-17-9-3-1-4-10-17)16-8-14-18-11-5-2-6-12-18;1-11(2,3)17-10(16)13-6-4-12(5-7-13)8-9(14)15;/h4-9,12-15,27H,10-11,16-24H2,1-3H3,(H,31,34);1-6,9-12,19H,7-8,13-16,20H2;4-8H2,1-3H3,(H,14,15);/q;;;+1/p-1. The summed E-state index contributed by atoms with van der Waals surface area (Å²) in [4.78, 5) is 54.5. The molecule has 2 aliphatic rings. The topological polar surface area (TPSA) is 161 Å². The summed E-state index contributed by atoms with van der Waals surface area (Å²) in [5.41, 5.74) is 10.7. The summed E-state index contributed by atoms with van der Waals surface area (Å²) in [5.74, 6) is -1.01. The number of carboxylic acid groups (broad SMARTS) is 1. The number of nitrogens with zero attached hydrogens (tertiary/aromatic N) is 4. The molecule has 6 rings (SSSR count). The number of aryl methyl sites for hydroxylation is 4. The molecule has 2 heterocycles. The fourth-order valence-electron chi connectivity index (χ4n) is 8.74. The Morgan fingerprint density at radius 3 is 1.09 bits per heavy atom. The first-order chi connectivity index (χ1) is 34.9. The molecule has 3 N–H and O–H groups in total. The molecular formula is C60H87LiN6O7. The van der Waals surface area contributed by atoms with Gasteiger partial charge in [-0.2, -0.15) is 0 Å². The number of piperazine rings is 2. The van der Waals surface area contributed by atoms with Crippen LogP contribution in [0, 0.1) is 0 Å². The van der Waals surface area contributed by atoms with Crippen LogP contribution < -0.4 is 35.0 Å². The van der Waals surface area contributed by atoms with Crippen molar-refractivity contribution in [2.45, 2.75) is 142 Å². The van der Waals surface area contributed by atoms with Crippen LogP contribution in [0.3, 0.4) is 0 Å². The van der Waals surface area contributed by atoms with Crippen molar-refractivity contribution in [1.29, 1.82) is 0 Å². The number of rotatable bonds is 21. The van der Waals surface area contributed by atoms with E-state index in [1.165, 1.54) is 35.1 Å². The smallest absolute Gasteiger partial charge is 0.549 e. The van der Waals surface area contributed by atoms with Crippen LogP contribution in [0.1, 0.15) is 115 Å². The van der Waals surface area contributed by atoms with Gasteiger partial charge < -0.3 is 40.2 Å². The summed E-state index contributed by atoms with van der Waals surface area (Å²) >= 11 is 0. The Morgan fingerprint density at radius 1 is 0.500 bits per heavy atom. The second kappa shape index (κ2) is 34.4. The van der Waals surface area contributed by atoms with E-state index >= 15 is 0 Å². The summed E-state index contributed by atoms with van der Waals surface area (Å²) in [7, 11) is 0. The second-order valence-electron chi connectivity index (χ2n) is 21.4. The number of nitrogens with one attached hydrogen (secondary N) is 1. The minimum atomic E-state index is -1.09. The van der Waals surface area contributed by atoms with Crippen molar-refractivity contribution in [1.82, 2.24) is 24.9 Å². The zero-order chi connectivity index (χ0) is 52.9. The Labute approximate surface area is 456 Å². The molecule has 0 aliphatic carbocycles. The molecule has 2 saturated heterocycles. The third-order valence-corrected chi connectivity index (χ3v) is 12.6. The normalized spacial score (nSPS) is 14.2. The first kappa shape index (κ1) is 63.1. The summed E-state index contributed by atoms with van der Waals surface area (Å²) in [6.07, 6.45) is 12.4. The van der Waals surface area contributed by atoms with Crippen molar-refractivity contribution in [3.05, 3.63) is 144 Å². The minimum Gasteiger partial charge on any atom is -0.549 e. The summed E-state index contributed by atoms with van der Waals surface area (Å²) in [6, 6.07) is 42.9. The van der Waals surface area contributed by atoms with Gasteiger partial charge in [0.2, 0.25) is 5.91 Å². The molecule has 4 aromatic carbocycles. The van der Waals surface area contributed by atoms with Crippen LogP contribution >= 0.6 is 0 Å². The Bertz CT molecular complexity index is 2050. The van der Waals surface area contributed by atoms with E-state index in [1.54, 1.807) is 14.7 Å². The number of hydrogen-bond acceptors (Lipinski definition) is 10. The summed E-state index contributed by atoms with van der Waals surface area (Å²) in [6.45, 7) is 15.9. The van der Waals surface area contributed by atoms with Gasteiger partial charge in [0.25, 0.3) is 0 Å². The van der Waals surface area contributed by atoms with E-state index in [0.717, 1.165) is 64.2 Å². The Hall–Kier alpha value is -5.16. The molecule has 2 aliphatic heterocycles. The van der Waals surface area contributed by atoms with Gasteiger partial charge in [-0.25, -0.2) is 9.59 Å². The number of aliphatic carboxylic acids is 1. The van der Waals surface area contributed by atoms with Crippen molar-refractivity contribution in [3.63, 3.8) is 0 Å². The fraction of sp³-hybridized carbons (Fsp3) is 0.533. The van der Waals surface area contributed by atoms with Gasteiger partial charge in [0, 0.05) is 71.0 Å². The minimum absolute atomic E-state index is 0. The van der Waals surface area contributed by atoms with Crippen LogP contribution in [0.25, 0.3) is 0 Å². The van der Waals surface area contributed by atoms with Crippen LogP contribution in [-0.4, -0.2) is 132 Å². The van der Waals surface area contributed by atoms with Gasteiger partial charge in [-0.05, 0) is 141 Å². The van der Waals surface area contributed by atoms with E-state index in [4.69, 9.17) is 15.2 Å². The van der Waals surface area contributed by atoms with Crippen LogP contribution in [0.5, 0.6) is 0 Å². The van der Waals surface area contributed by atoms with Gasteiger partial charge in [-0.15, -0.1) is 0 Å². The molecule has 400 valence electrons. The monoisotopic (exact) mass is 1010 g/mol. The van der Waals surface area contributed by atoms with Crippen LogP contribution in [0.15, 0.2) is 121 Å². The van der Waals surface area contributed by atoms with Crippen LogP contribution in [-0.2, 0) is 44.7 Å². The number of benzene rings is 4. The third-order valence-electron chi connectivity index (χ3n) is 12.6. The maximum absolute atomic E-state index is 12.9. The fourth-order valence-corrected chi connectivity index (χ4v) is 8.74. The van der Waals surface area contributed by atoms with Crippen molar-refractivity contribution in [2.75, 3.05) is 65.4 Å². The Kier molecular flexibility index (Phi) is 29.4. The van der Waals surface area contributed by atoms with E-state index in [1.807, 2.05) is 53.7 Å². The summed E-state index contributed by atoms with van der Waals surface area (Å²) < 4.78 is 10.7. The van der Waals surface area contributed by atoms with E-state index in [2.05, 4.69) is 119 Å². The molecular weight excluding hydrogens is 924 g/mol. The maximum atomic E-state index is 12.9. The third kappa shape index (κ3) is 28.5. The number of carboxylic acids is 1. The molecule has 0 unspecified atom stereocenters. The number of hydrogen-bond donors (Lipinski definition) is 2. The molecule has 0 radical (unpaired) electrons. The van der Waals surface area contributed by atoms with Crippen molar-refractivity contribution >= 4 is 24.1 Å². The molecule has 0 spiro atoms. The van der Waals surface area contributed by atoms with E-state index in [-0.39, 0.29) is 49.5 Å². The molecule has 3 amide bonds. The second-order valence-corrected chi connectivity index (χ2v) is 21.4. The van der Waals surface area contributed by atoms with Gasteiger partial charge in [-0.3, -0.25) is 14.6 Å². The van der Waals surface area contributed by atoms with Gasteiger partial charge in [0.05, 0.1) is 12.5 Å². The van der Waals surface area contributed by atoms with Crippen LogP contribution in [0.4, 0.5) is 9.59 Å². The quantitative estimate of drug-likeness (QED) is 0.0989. The van der Waals surface area contributed by atoms with E-state index < -0.39 is 17.2 Å². The molecule has 2 fully saturated rings. The first-order valence-electron chi connectivity index (χ1n) is 26.7. The number of ether oxygens (including phenoxy) is 2. The number of carbonyl (C=O) groups is 4. The molecule has 0 atom stereocenters. The molecule has 0 bridgehead atoms. The largest absolute Gasteiger partial charge is 1.00 e.